The first-order chi connectivity index (χ1) is 23.0. The summed E-state index contributed by atoms with van der Waals surface area (Å²) in [5.74, 6) is 0.672. The van der Waals surface area contributed by atoms with E-state index in [4.69, 9.17) is 24.4 Å². The van der Waals surface area contributed by atoms with Gasteiger partial charge in [-0.3, -0.25) is 0 Å². The van der Waals surface area contributed by atoms with Crippen LogP contribution in [0.5, 0.6) is 11.5 Å². The van der Waals surface area contributed by atoms with Gasteiger partial charge >= 0.3 is 5.97 Å². The van der Waals surface area contributed by atoms with E-state index in [2.05, 4.69) is 16.8 Å². The number of piperidine rings is 1. The van der Waals surface area contributed by atoms with Crippen LogP contribution in [0.15, 0.2) is 53.1 Å². The second kappa shape index (κ2) is 16.2. The quantitative estimate of drug-likeness (QED) is 0.119. The minimum absolute atomic E-state index is 0.126. The first kappa shape index (κ1) is 35.7. The van der Waals surface area contributed by atoms with Crippen LogP contribution in [0.3, 0.4) is 0 Å². The van der Waals surface area contributed by atoms with Crippen molar-refractivity contribution in [2.24, 2.45) is 11.7 Å². The van der Waals surface area contributed by atoms with Crippen LogP contribution in [0.25, 0.3) is 21.9 Å². The van der Waals surface area contributed by atoms with Crippen molar-refractivity contribution in [2.75, 3.05) is 32.8 Å². The molecule has 4 aromatic rings. The number of likely N-dealkylation sites (tertiary alicyclic amines) is 1. The normalized spacial score (nSPS) is 23.3. The van der Waals surface area contributed by atoms with Crippen molar-refractivity contribution in [2.45, 2.75) is 89.8 Å². The van der Waals surface area contributed by atoms with Crippen molar-refractivity contribution in [1.29, 1.82) is 0 Å². The Bertz CT molecular complexity index is 1620. The van der Waals surface area contributed by atoms with Gasteiger partial charge in [0.05, 0.1) is 30.7 Å². The number of H-pyrrole nitrogens is 1. The van der Waals surface area contributed by atoms with Crippen LogP contribution in [0, 0.1) is 5.92 Å². The van der Waals surface area contributed by atoms with Gasteiger partial charge in [-0.2, -0.15) is 0 Å². The summed E-state index contributed by atoms with van der Waals surface area (Å²) in [7, 11) is 0. The van der Waals surface area contributed by atoms with Crippen molar-refractivity contribution < 1.29 is 38.7 Å². The molecule has 48 heavy (non-hydrogen) atoms. The molecule has 2 fully saturated rings. The van der Waals surface area contributed by atoms with E-state index in [1.54, 1.807) is 12.3 Å². The lowest BCUT2D eigenvalue weighted by molar-refractivity contribution is -0.0252. The number of hydrogen-bond donors (Lipinski definition) is 5. The summed E-state index contributed by atoms with van der Waals surface area (Å²) >= 11 is 0. The molecule has 11 heteroatoms. The Morgan fingerprint density at radius 1 is 1.10 bits per heavy atom. The van der Waals surface area contributed by atoms with Crippen LogP contribution in [0.4, 0.5) is 0 Å². The lowest BCUT2D eigenvalue weighted by Gasteiger charge is -2.39. The third-order valence-corrected chi connectivity index (χ3v) is 9.47. The minimum Gasteiger partial charge on any atom is -0.491 e. The lowest BCUT2D eigenvalue weighted by atomic mass is 9.80. The lowest BCUT2D eigenvalue weighted by Crippen LogP contribution is -2.45. The molecule has 0 unspecified atom stereocenters. The van der Waals surface area contributed by atoms with E-state index in [0.29, 0.717) is 42.6 Å². The van der Waals surface area contributed by atoms with Crippen molar-refractivity contribution >= 4 is 27.8 Å². The third kappa shape index (κ3) is 9.51. The fourth-order valence-electron chi connectivity index (χ4n) is 6.45. The molecule has 6 rings (SSSR count). The minimum atomic E-state index is -1.01. The van der Waals surface area contributed by atoms with Gasteiger partial charge in [0, 0.05) is 53.6 Å². The number of rotatable bonds is 12. The molecule has 0 radical (unpaired) electrons. The Balaban J connectivity index is 0.000000214. The van der Waals surface area contributed by atoms with Gasteiger partial charge in [0.2, 0.25) is 0 Å². The maximum Gasteiger partial charge on any atom is 0.352 e. The topological polar surface area (TPSA) is 164 Å². The van der Waals surface area contributed by atoms with Crippen LogP contribution in [-0.4, -0.2) is 87.9 Å². The number of aliphatic hydroxyl groups is 2. The first-order valence-corrected chi connectivity index (χ1v) is 17.1. The maximum atomic E-state index is 11.2. The Labute approximate surface area is 281 Å². The zero-order chi connectivity index (χ0) is 34.3. The van der Waals surface area contributed by atoms with Crippen LogP contribution in [0.2, 0.25) is 0 Å². The number of aromatic nitrogens is 1. The predicted molar refractivity (Wildman–Crippen MR) is 185 cm³/mol. The molecular formula is C37H51N3O8. The number of ether oxygens (including phenoxy) is 3. The molecule has 2 aromatic carbocycles. The molecule has 3 heterocycles. The van der Waals surface area contributed by atoms with E-state index < -0.39 is 11.6 Å². The number of aromatic carboxylic acids is 1. The standard InChI is InChI=1S/C23H23NO6.C14H28N2O2/c1-14(2)27-8-9-28-16-6-7-17-15(13-30-22(17)10-16)12-29-21-5-3-4-19-18(21)11-20(24-19)23(25)26;1-11-10-16(8-4-13(11)17)9-7-14(18)5-2-12(15)3-6-14/h3-7,10-11,13-14,24H,8-9,12H2,1-2H3,(H,25,26);11-13,17-18H,2-10,15H2,1H3/t;11-,12?,13-,14?/m.0/s1. The molecule has 2 aliphatic rings. The number of carboxylic acid groups (broad SMARTS) is 1. The predicted octanol–water partition coefficient (Wildman–Crippen LogP) is 5.71. The molecule has 6 N–H and O–H groups in total. The highest BCUT2D eigenvalue weighted by Gasteiger charge is 2.33. The highest BCUT2D eigenvalue weighted by atomic mass is 16.5. The van der Waals surface area contributed by atoms with Crippen molar-refractivity contribution in [3.8, 4) is 11.5 Å². The average Bonchev–Trinajstić information content (AvgIpc) is 3.69. The molecule has 1 saturated carbocycles. The van der Waals surface area contributed by atoms with Gasteiger partial charge in [-0.15, -0.1) is 0 Å². The largest absolute Gasteiger partial charge is 0.491 e. The van der Waals surface area contributed by atoms with E-state index in [-0.39, 0.29) is 23.9 Å². The van der Waals surface area contributed by atoms with Crippen LogP contribution < -0.4 is 15.2 Å². The Morgan fingerprint density at radius 2 is 1.90 bits per heavy atom. The number of furan rings is 1. The van der Waals surface area contributed by atoms with Crippen molar-refractivity contribution in [3.63, 3.8) is 0 Å². The number of carbonyl (C=O) groups is 1. The maximum absolute atomic E-state index is 11.2. The van der Waals surface area contributed by atoms with Gasteiger partial charge in [0.15, 0.2) is 0 Å². The number of aliphatic hydroxyl groups excluding tert-OH is 1. The average molecular weight is 666 g/mol. The zero-order valence-electron chi connectivity index (χ0n) is 28.3. The molecule has 1 saturated heterocycles. The van der Waals surface area contributed by atoms with Crippen LogP contribution in [0.1, 0.15) is 75.3 Å². The van der Waals surface area contributed by atoms with Gasteiger partial charge in [0.25, 0.3) is 0 Å². The van der Waals surface area contributed by atoms with Gasteiger partial charge in [-0.05, 0) is 88.6 Å². The smallest absolute Gasteiger partial charge is 0.352 e. The van der Waals surface area contributed by atoms with Gasteiger partial charge in [-0.1, -0.05) is 13.0 Å². The van der Waals surface area contributed by atoms with Crippen LogP contribution >= 0.6 is 0 Å². The Kier molecular flexibility index (Phi) is 12.0. The summed E-state index contributed by atoms with van der Waals surface area (Å²) in [6, 6.07) is 13.0. The van der Waals surface area contributed by atoms with Gasteiger partial charge < -0.3 is 49.6 Å². The number of carboxylic acids is 1. The zero-order valence-corrected chi connectivity index (χ0v) is 28.3. The SMILES string of the molecule is CC(C)OCCOc1ccc2c(COc3cccc4[nH]c(C(=O)O)cc34)coc2c1.C[C@H]1CN(CCC2(O)CCC(N)CC2)CC[C@@H]1O. The van der Waals surface area contributed by atoms with Crippen LogP contribution in [-0.2, 0) is 11.3 Å². The highest BCUT2D eigenvalue weighted by Crippen LogP contribution is 2.32. The van der Waals surface area contributed by atoms with Crippen molar-refractivity contribution in [3.05, 3.63) is 60.0 Å². The number of nitrogens with zero attached hydrogens (tertiary/aromatic N) is 1. The number of fused-ring (bicyclic) bond motifs is 2. The molecule has 1 aliphatic heterocycles. The van der Waals surface area contributed by atoms with Gasteiger partial charge in [-0.25, -0.2) is 4.79 Å². The van der Waals surface area contributed by atoms with E-state index in [1.807, 2.05) is 50.2 Å². The summed E-state index contributed by atoms with van der Waals surface area (Å²) in [5.41, 5.74) is 7.83. The summed E-state index contributed by atoms with van der Waals surface area (Å²) in [6.07, 6.45) is 7.01. The summed E-state index contributed by atoms with van der Waals surface area (Å²) in [4.78, 5) is 16.5. The van der Waals surface area contributed by atoms with Gasteiger partial charge in [0.1, 0.15) is 36.0 Å². The molecule has 11 nitrogen and oxygen atoms in total. The fraction of sp³-hybridized carbons (Fsp3) is 0.541. The molecule has 0 amide bonds. The summed E-state index contributed by atoms with van der Waals surface area (Å²) < 4.78 is 22.8. The molecule has 2 aromatic heterocycles. The first-order valence-electron chi connectivity index (χ1n) is 17.1. The second-order valence-corrected chi connectivity index (χ2v) is 13.6. The molecule has 0 bridgehead atoms. The molecular weight excluding hydrogens is 614 g/mol. The number of nitrogens with one attached hydrogen (secondary N) is 1. The molecule has 262 valence electrons. The Hall–Kier alpha value is -3.61. The number of hydrogen-bond acceptors (Lipinski definition) is 9. The summed E-state index contributed by atoms with van der Waals surface area (Å²) in [5, 5.41) is 31.1. The third-order valence-electron chi connectivity index (χ3n) is 9.47. The Morgan fingerprint density at radius 3 is 2.62 bits per heavy atom. The van der Waals surface area contributed by atoms with Crippen molar-refractivity contribution in [1.82, 2.24) is 9.88 Å². The molecule has 0 spiro atoms. The van der Waals surface area contributed by atoms with E-state index in [0.717, 1.165) is 80.2 Å². The fourth-order valence-corrected chi connectivity index (χ4v) is 6.45. The second-order valence-electron chi connectivity index (χ2n) is 13.6. The molecule has 2 atom stereocenters. The highest BCUT2D eigenvalue weighted by molar-refractivity contribution is 5.96. The number of aromatic amines is 1. The monoisotopic (exact) mass is 665 g/mol. The number of nitrogens with two attached hydrogens (primary N) is 1. The number of benzene rings is 2. The van der Waals surface area contributed by atoms with E-state index in [9.17, 15) is 20.1 Å². The van der Waals surface area contributed by atoms with E-state index in [1.165, 1.54) is 0 Å². The van der Waals surface area contributed by atoms with E-state index >= 15 is 0 Å². The molecule has 1 aliphatic carbocycles. The summed E-state index contributed by atoms with van der Waals surface area (Å²) in [6.45, 7) is 10.2.